The Balaban J connectivity index is 1.93. The summed E-state index contributed by atoms with van der Waals surface area (Å²) in [6.07, 6.45) is 9.08. The average Bonchev–Trinajstić information content (AvgIpc) is 2.91. The summed E-state index contributed by atoms with van der Waals surface area (Å²) in [6, 6.07) is 1.35. The van der Waals surface area contributed by atoms with Crippen LogP contribution in [0.5, 0.6) is 0 Å². The second kappa shape index (κ2) is 7.95. The van der Waals surface area contributed by atoms with Crippen LogP contribution >= 0.6 is 0 Å². The first-order chi connectivity index (χ1) is 10.1. The van der Waals surface area contributed by atoms with Crippen LogP contribution < -0.4 is 5.32 Å². The van der Waals surface area contributed by atoms with Gasteiger partial charge in [0.1, 0.15) is 0 Å². The Morgan fingerprint density at radius 2 is 2.24 bits per heavy atom. The number of piperazine rings is 1. The highest BCUT2D eigenvalue weighted by atomic mass is 15.2. The van der Waals surface area contributed by atoms with Crippen molar-refractivity contribution in [2.45, 2.75) is 58.5 Å². The molecule has 1 aliphatic heterocycles. The largest absolute Gasteiger partial charge is 0.311 e. The highest BCUT2D eigenvalue weighted by Gasteiger charge is 2.29. The minimum Gasteiger partial charge on any atom is -0.311 e. The molecule has 1 aromatic heterocycles. The zero-order valence-corrected chi connectivity index (χ0v) is 14.2. The van der Waals surface area contributed by atoms with E-state index < -0.39 is 0 Å². The molecule has 4 nitrogen and oxygen atoms in total. The van der Waals surface area contributed by atoms with E-state index in [1.807, 2.05) is 17.9 Å². The second-order valence-electron chi connectivity index (χ2n) is 6.61. The number of aromatic nitrogens is 2. The summed E-state index contributed by atoms with van der Waals surface area (Å²) in [6.45, 7) is 10.5. The van der Waals surface area contributed by atoms with Crippen molar-refractivity contribution in [3.63, 3.8) is 0 Å². The summed E-state index contributed by atoms with van der Waals surface area (Å²) in [7, 11) is 1.99. The highest BCUT2D eigenvalue weighted by molar-refractivity contribution is 5.04. The van der Waals surface area contributed by atoms with Crippen LogP contribution in [0.15, 0.2) is 12.4 Å². The molecule has 2 heterocycles. The van der Waals surface area contributed by atoms with Crippen molar-refractivity contribution in [2.24, 2.45) is 13.0 Å². The normalized spacial score (nSPS) is 25.1. The third kappa shape index (κ3) is 4.55. The van der Waals surface area contributed by atoms with E-state index in [0.29, 0.717) is 12.1 Å². The van der Waals surface area contributed by atoms with Gasteiger partial charge >= 0.3 is 0 Å². The predicted molar refractivity (Wildman–Crippen MR) is 88.4 cm³/mol. The molecular formula is C17H32N4. The van der Waals surface area contributed by atoms with Crippen molar-refractivity contribution in [1.29, 1.82) is 0 Å². The zero-order chi connectivity index (χ0) is 15.2. The fraction of sp³-hybridized carbons (Fsp3) is 0.824. The molecule has 2 rings (SSSR count). The minimum atomic E-state index is 0.650. The van der Waals surface area contributed by atoms with Crippen molar-refractivity contribution in [1.82, 2.24) is 20.0 Å². The van der Waals surface area contributed by atoms with Crippen LogP contribution in [0.1, 0.15) is 45.6 Å². The molecule has 1 fully saturated rings. The van der Waals surface area contributed by atoms with E-state index in [1.165, 1.54) is 31.4 Å². The Kier molecular flexibility index (Phi) is 6.24. The fourth-order valence-corrected chi connectivity index (χ4v) is 3.31. The molecule has 4 heteroatoms. The van der Waals surface area contributed by atoms with E-state index in [4.69, 9.17) is 0 Å². The maximum Gasteiger partial charge on any atom is 0.0522 e. The molecular weight excluding hydrogens is 260 g/mol. The SMILES string of the molecule is CCCC1CNC(C(C)CC)CN1CCc1cnn(C)c1. The monoisotopic (exact) mass is 292 g/mol. The first-order valence-electron chi connectivity index (χ1n) is 8.59. The smallest absolute Gasteiger partial charge is 0.0522 e. The number of hydrogen-bond acceptors (Lipinski definition) is 3. The van der Waals surface area contributed by atoms with Gasteiger partial charge < -0.3 is 5.32 Å². The third-order valence-corrected chi connectivity index (χ3v) is 4.96. The van der Waals surface area contributed by atoms with Gasteiger partial charge in [-0.15, -0.1) is 0 Å². The van der Waals surface area contributed by atoms with Crippen molar-refractivity contribution in [2.75, 3.05) is 19.6 Å². The predicted octanol–water partition coefficient (Wildman–Crippen LogP) is 2.45. The lowest BCUT2D eigenvalue weighted by Gasteiger charge is -2.42. The Labute approximate surface area is 129 Å². The fourth-order valence-electron chi connectivity index (χ4n) is 3.31. The van der Waals surface area contributed by atoms with Crippen LogP contribution in [0.2, 0.25) is 0 Å². The molecule has 0 spiro atoms. The molecule has 0 bridgehead atoms. The van der Waals surface area contributed by atoms with E-state index >= 15 is 0 Å². The second-order valence-corrected chi connectivity index (χ2v) is 6.61. The molecule has 1 aromatic rings. The Morgan fingerprint density at radius 1 is 1.43 bits per heavy atom. The minimum absolute atomic E-state index is 0.650. The molecule has 1 saturated heterocycles. The lowest BCUT2D eigenvalue weighted by molar-refractivity contribution is 0.104. The first-order valence-corrected chi connectivity index (χ1v) is 8.59. The maximum atomic E-state index is 4.28. The molecule has 0 saturated carbocycles. The van der Waals surface area contributed by atoms with Crippen molar-refractivity contribution < 1.29 is 0 Å². The lowest BCUT2D eigenvalue weighted by atomic mass is 9.94. The Hall–Kier alpha value is -0.870. The number of nitrogens with one attached hydrogen (secondary N) is 1. The molecule has 0 radical (unpaired) electrons. The molecule has 3 atom stereocenters. The van der Waals surface area contributed by atoms with Crippen molar-refractivity contribution >= 4 is 0 Å². The Morgan fingerprint density at radius 3 is 2.86 bits per heavy atom. The van der Waals surface area contributed by atoms with Gasteiger partial charge in [-0.1, -0.05) is 33.6 Å². The molecule has 120 valence electrons. The van der Waals surface area contributed by atoms with Gasteiger partial charge in [-0.3, -0.25) is 9.58 Å². The summed E-state index contributed by atoms with van der Waals surface area (Å²) in [5.41, 5.74) is 1.35. The van der Waals surface area contributed by atoms with Crippen LogP contribution in [0.3, 0.4) is 0 Å². The van der Waals surface area contributed by atoms with Crippen LogP contribution in [0.25, 0.3) is 0 Å². The maximum absolute atomic E-state index is 4.28. The molecule has 21 heavy (non-hydrogen) atoms. The van der Waals surface area contributed by atoms with Gasteiger partial charge in [0.05, 0.1) is 6.20 Å². The van der Waals surface area contributed by atoms with Crippen LogP contribution in [0, 0.1) is 5.92 Å². The van der Waals surface area contributed by atoms with E-state index in [9.17, 15) is 0 Å². The molecule has 0 amide bonds. The quantitative estimate of drug-likeness (QED) is 0.838. The van der Waals surface area contributed by atoms with Gasteiger partial charge in [-0.25, -0.2) is 0 Å². The van der Waals surface area contributed by atoms with Crippen molar-refractivity contribution in [3.8, 4) is 0 Å². The van der Waals surface area contributed by atoms with Crippen LogP contribution in [-0.4, -0.2) is 46.4 Å². The van der Waals surface area contributed by atoms with Gasteiger partial charge in [0.25, 0.3) is 0 Å². The molecule has 1 aliphatic rings. The Bertz CT molecular complexity index is 415. The lowest BCUT2D eigenvalue weighted by Crippen LogP contribution is -2.58. The standard InChI is InChI=1S/C17H32N4/c1-5-7-16-11-18-17(14(3)6-2)13-21(16)9-8-15-10-19-20(4)12-15/h10,12,14,16-18H,5-9,11,13H2,1-4H3. The summed E-state index contributed by atoms with van der Waals surface area (Å²) >= 11 is 0. The van der Waals surface area contributed by atoms with E-state index in [-0.39, 0.29) is 0 Å². The van der Waals surface area contributed by atoms with Crippen molar-refractivity contribution in [3.05, 3.63) is 18.0 Å². The van der Waals surface area contributed by atoms with E-state index in [1.54, 1.807) is 0 Å². The van der Waals surface area contributed by atoms with E-state index in [2.05, 4.69) is 42.3 Å². The molecule has 1 N–H and O–H groups in total. The van der Waals surface area contributed by atoms with Gasteiger partial charge in [0.15, 0.2) is 0 Å². The number of hydrogen-bond donors (Lipinski definition) is 1. The van der Waals surface area contributed by atoms with Crippen LogP contribution in [0.4, 0.5) is 0 Å². The number of aryl methyl sites for hydroxylation is 1. The molecule has 0 aliphatic carbocycles. The number of rotatable bonds is 7. The first kappa shape index (κ1) is 16.5. The number of nitrogens with zero attached hydrogens (tertiary/aromatic N) is 3. The van der Waals surface area contributed by atoms with Gasteiger partial charge in [0.2, 0.25) is 0 Å². The van der Waals surface area contributed by atoms with Crippen LogP contribution in [-0.2, 0) is 13.5 Å². The van der Waals surface area contributed by atoms with E-state index in [0.717, 1.165) is 25.4 Å². The summed E-state index contributed by atoms with van der Waals surface area (Å²) in [4.78, 5) is 2.71. The van der Waals surface area contributed by atoms with Gasteiger partial charge in [-0.05, 0) is 24.3 Å². The zero-order valence-electron chi connectivity index (χ0n) is 14.2. The van der Waals surface area contributed by atoms with Gasteiger partial charge in [-0.2, -0.15) is 5.10 Å². The highest BCUT2D eigenvalue weighted by Crippen LogP contribution is 2.18. The average molecular weight is 292 g/mol. The molecule has 0 aromatic carbocycles. The topological polar surface area (TPSA) is 33.1 Å². The van der Waals surface area contributed by atoms with Gasteiger partial charge in [0, 0.05) is 45.0 Å². The summed E-state index contributed by atoms with van der Waals surface area (Å²) < 4.78 is 1.90. The summed E-state index contributed by atoms with van der Waals surface area (Å²) in [5.74, 6) is 0.758. The third-order valence-electron chi connectivity index (χ3n) is 4.96. The summed E-state index contributed by atoms with van der Waals surface area (Å²) in [5, 5.41) is 8.06. The molecule has 3 unspecified atom stereocenters.